The number of likely N-dealkylation sites (N-methyl/N-ethyl adjacent to an activating group) is 1. The molecule has 7 nitrogen and oxygen atoms in total. The second kappa shape index (κ2) is 11.7. The van der Waals surface area contributed by atoms with Gasteiger partial charge in [-0.05, 0) is 63.9 Å². The molecule has 1 aromatic carbocycles. The highest BCUT2D eigenvalue weighted by Gasteiger charge is 2.21. The molecule has 0 atom stereocenters. The van der Waals surface area contributed by atoms with Gasteiger partial charge in [-0.15, -0.1) is 0 Å². The van der Waals surface area contributed by atoms with Gasteiger partial charge in [0.2, 0.25) is 5.91 Å². The summed E-state index contributed by atoms with van der Waals surface area (Å²) in [5.41, 5.74) is 8.27. The minimum Gasteiger partial charge on any atom is -0.392 e. The van der Waals surface area contributed by atoms with E-state index in [2.05, 4.69) is 27.1 Å². The standard InChI is InChI=1S/C21H33N5O2S/c1-4-23-20(28)19(22)21(26(5-2)16(3)27)29-24-18-10-8-17(9-11-18)12-15-25-13-6-7-14-25/h8-11,24H,4-7,12-15,22H2,1-3H3,(H,23,28)/b21-19+. The second-order valence-corrected chi connectivity index (χ2v) is 7.84. The molecule has 1 aliphatic heterocycles. The Balaban J connectivity index is 2.02. The molecule has 1 fully saturated rings. The highest BCUT2D eigenvalue weighted by Crippen LogP contribution is 2.25. The minimum absolute atomic E-state index is 0.0311. The van der Waals surface area contributed by atoms with Gasteiger partial charge in [-0.3, -0.25) is 9.59 Å². The van der Waals surface area contributed by atoms with Crippen LogP contribution in [-0.4, -0.2) is 54.3 Å². The minimum atomic E-state index is -0.381. The third-order valence-corrected chi connectivity index (χ3v) is 5.86. The Morgan fingerprint density at radius 1 is 1.17 bits per heavy atom. The first-order valence-electron chi connectivity index (χ1n) is 10.3. The van der Waals surface area contributed by atoms with Crippen molar-refractivity contribution in [2.24, 2.45) is 5.73 Å². The lowest BCUT2D eigenvalue weighted by atomic mass is 10.1. The van der Waals surface area contributed by atoms with E-state index in [9.17, 15) is 9.59 Å². The van der Waals surface area contributed by atoms with Crippen LogP contribution < -0.4 is 15.8 Å². The molecule has 4 N–H and O–H groups in total. The van der Waals surface area contributed by atoms with E-state index in [1.165, 1.54) is 55.3 Å². The number of anilines is 1. The summed E-state index contributed by atoms with van der Waals surface area (Å²) in [7, 11) is 0. The molecule has 1 heterocycles. The molecular weight excluding hydrogens is 386 g/mol. The van der Waals surface area contributed by atoms with E-state index in [-0.39, 0.29) is 17.5 Å². The van der Waals surface area contributed by atoms with Crippen LogP contribution in [0.1, 0.15) is 39.2 Å². The van der Waals surface area contributed by atoms with E-state index >= 15 is 0 Å². The molecule has 0 saturated carbocycles. The molecule has 2 amide bonds. The average Bonchev–Trinajstić information content (AvgIpc) is 3.23. The Morgan fingerprint density at radius 3 is 2.38 bits per heavy atom. The summed E-state index contributed by atoms with van der Waals surface area (Å²) >= 11 is 1.18. The largest absolute Gasteiger partial charge is 0.392 e. The van der Waals surface area contributed by atoms with Crippen molar-refractivity contribution >= 4 is 29.4 Å². The molecule has 0 aromatic heterocycles. The number of hydrogen-bond donors (Lipinski definition) is 3. The highest BCUT2D eigenvalue weighted by atomic mass is 32.2. The van der Waals surface area contributed by atoms with Crippen LogP contribution in [0.5, 0.6) is 0 Å². The fourth-order valence-corrected chi connectivity index (χ4v) is 4.18. The first-order chi connectivity index (χ1) is 14.0. The van der Waals surface area contributed by atoms with E-state index in [0.29, 0.717) is 18.1 Å². The summed E-state index contributed by atoms with van der Waals surface area (Å²) in [5, 5.41) is 3.09. The number of benzene rings is 1. The van der Waals surface area contributed by atoms with Gasteiger partial charge in [0.1, 0.15) is 10.7 Å². The Morgan fingerprint density at radius 2 is 1.83 bits per heavy atom. The SMILES string of the molecule is CCNC(=O)/C(N)=C(\SNc1ccc(CCN2CCCC2)cc1)N(CC)C(C)=O. The van der Waals surface area contributed by atoms with E-state index in [4.69, 9.17) is 5.73 Å². The number of likely N-dealkylation sites (tertiary alicyclic amines) is 1. The third kappa shape index (κ3) is 6.97. The van der Waals surface area contributed by atoms with Crippen molar-refractivity contribution in [2.45, 2.75) is 40.0 Å². The van der Waals surface area contributed by atoms with Crippen molar-refractivity contribution in [3.05, 3.63) is 40.6 Å². The summed E-state index contributed by atoms with van der Waals surface area (Å²) < 4.78 is 3.21. The summed E-state index contributed by atoms with van der Waals surface area (Å²) in [6, 6.07) is 8.24. The number of nitrogens with zero attached hydrogens (tertiary/aromatic N) is 2. The van der Waals surface area contributed by atoms with Crippen LogP contribution in [-0.2, 0) is 16.0 Å². The summed E-state index contributed by atoms with van der Waals surface area (Å²) in [4.78, 5) is 28.2. The van der Waals surface area contributed by atoms with Crippen molar-refractivity contribution in [3.8, 4) is 0 Å². The lowest BCUT2D eigenvalue weighted by molar-refractivity contribution is -0.126. The molecule has 0 radical (unpaired) electrons. The molecule has 1 aliphatic rings. The topological polar surface area (TPSA) is 90.7 Å². The van der Waals surface area contributed by atoms with Crippen LogP contribution in [0, 0.1) is 0 Å². The first-order valence-corrected chi connectivity index (χ1v) is 11.1. The average molecular weight is 420 g/mol. The van der Waals surface area contributed by atoms with Crippen molar-refractivity contribution in [3.63, 3.8) is 0 Å². The fraction of sp³-hybridized carbons (Fsp3) is 0.524. The molecule has 1 saturated heterocycles. The first kappa shape index (κ1) is 23.1. The van der Waals surface area contributed by atoms with Crippen molar-refractivity contribution in [1.82, 2.24) is 15.1 Å². The van der Waals surface area contributed by atoms with Crippen LogP contribution in [0.15, 0.2) is 35.0 Å². The Bertz CT molecular complexity index is 714. The summed E-state index contributed by atoms with van der Waals surface area (Å²) in [6.07, 6.45) is 3.66. The second-order valence-electron chi connectivity index (χ2n) is 7.04. The zero-order valence-corrected chi connectivity index (χ0v) is 18.5. The van der Waals surface area contributed by atoms with Gasteiger partial charge in [0.15, 0.2) is 0 Å². The zero-order valence-electron chi connectivity index (χ0n) is 17.7. The van der Waals surface area contributed by atoms with Gasteiger partial charge >= 0.3 is 0 Å². The zero-order chi connectivity index (χ0) is 21.2. The maximum Gasteiger partial charge on any atom is 0.269 e. The van der Waals surface area contributed by atoms with Crippen LogP contribution in [0.2, 0.25) is 0 Å². The Kier molecular flexibility index (Phi) is 9.34. The van der Waals surface area contributed by atoms with Gasteiger partial charge in [0, 0.05) is 44.2 Å². The molecule has 0 unspecified atom stereocenters. The summed E-state index contributed by atoms with van der Waals surface area (Å²) in [5.74, 6) is -0.546. The maximum atomic E-state index is 12.2. The normalized spacial score (nSPS) is 15.0. The van der Waals surface area contributed by atoms with Crippen molar-refractivity contribution in [2.75, 3.05) is 37.4 Å². The van der Waals surface area contributed by atoms with Gasteiger partial charge < -0.3 is 25.6 Å². The summed E-state index contributed by atoms with van der Waals surface area (Å²) in [6.45, 7) is 9.55. The van der Waals surface area contributed by atoms with Gasteiger partial charge in [0.05, 0.1) is 0 Å². The maximum absolute atomic E-state index is 12.2. The van der Waals surface area contributed by atoms with E-state index < -0.39 is 0 Å². The molecule has 1 aromatic rings. The Labute approximate surface area is 178 Å². The quantitative estimate of drug-likeness (QED) is 0.399. The fourth-order valence-electron chi connectivity index (χ4n) is 3.26. The third-order valence-electron chi connectivity index (χ3n) is 4.89. The molecule has 0 bridgehead atoms. The van der Waals surface area contributed by atoms with E-state index in [1.807, 2.05) is 26.0 Å². The molecule has 29 heavy (non-hydrogen) atoms. The van der Waals surface area contributed by atoms with Gasteiger partial charge in [-0.2, -0.15) is 0 Å². The highest BCUT2D eigenvalue weighted by molar-refractivity contribution is 8.04. The lowest BCUT2D eigenvalue weighted by Gasteiger charge is -2.24. The predicted molar refractivity (Wildman–Crippen MR) is 120 cm³/mol. The van der Waals surface area contributed by atoms with Crippen molar-refractivity contribution in [1.29, 1.82) is 0 Å². The molecular formula is C21H33N5O2S. The van der Waals surface area contributed by atoms with Crippen molar-refractivity contribution < 1.29 is 9.59 Å². The van der Waals surface area contributed by atoms with Gasteiger partial charge in [0.25, 0.3) is 5.91 Å². The van der Waals surface area contributed by atoms with Crippen LogP contribution in [0.4, 0.5) is 5.69 Å². The van der Waals surface area contributed by atoms with Crippen LogP contribution >= 0.6 is 11.9 Å². The number of amides is 2. The smallest absolute Gasteiger partial charge is 0.269 e. The van der Waals surface area contributed by atoms with E-state index in [0.717, 1.165) is 18.7 Å². The molecule has 0 spiro atoms. The number of nitrogens with two attached hydrogens (primary N) is 1. The monoisotopic (exact) mass is 419 g/mol. The van der Waals surface area contributed by atoms with Gasteiger partial charge in [-0.25, -0.2) is 0 Å². The number of carbonyl (C=O) groups is 2. The molecule has 160 valence electrons. The van der Waals surface area contributed by atoms with Gasteiger partial charge in [-0.1, -0.05) is 12.1 Å². The van der Waals surface area contributed by atoms with Crippen LogP contribution in [0.25, 0.3) is 0 Å². The van der Waals surface area contributed by atoms with E-state index in [1.54, 1.807) is 0 Å². The van der Waals surface area contributed by atoms with Crippen LogP contribution in [0.3, 0.4) is 0 Å². The number of rotatable bonds is 10. The number of hydrogen-bond acceptors (Lipinski definition) is 6. The number of nitrogens with one attached hydrogen (secondary N) is 2. The lowest BCUT2D eigenvalue weighted by Crippen LogP contribution is -2.35. The molecule has 0 aliphatic carbocycles. The predicted octanol–water partition coefficient (Wildman–Crippen LogP) is 2.52. The molecule has 2 rings (SSSR count). The number of carbonyl (C=O) groups excluding carboxylic acids is 2. The molecule has 8 heteroatoms. The Hall–Kier alpha value is -2.19.